The molecule has 0 saturated carbocycles. The first-order valence-corrected chi connectivity index (χ1v) is 25.4. The predicted octanol–water partition coefficient (Wildman–Crippen LogP) is 17.8. The Kier molecular flexibility index (Phi) is 15.7. The Hall–Kier alpha value is -7.90. The van der Waals surface area contributed by atoms with E-state index >= 15 is 0 Å². The molecule has 372 valence electrons. The van der Waals surface area contributed by atoms with Gasteiger partial charge in [0.05, 0.1) is 0 Å². The van der Waals surface area contributed by atoms with Crippen LogP contribution in [0.3, 0.4) is 0 Å². The molecule has 8 aromatic carbocycles. The van der Waals surface area contributed by atoms with Crippen molar-refractivity contribution in [3.63, 3.8) is 0 Å². The lowest BCUT2D eigenvalue weighted by atomic mass is 9.82. The van der Waals surface area contributed by atoms with E-state index in [-0.39, 0.29) is 28.5 Å². The van der Waals surface area contributed by atoms with Gasteiger partial charge in [-0.25, -0.2) is 0 Å². The zero-order chi connectivity index (χ0) is 51.8. The van der Waals surface area contributed by atoms with Crippen LogP contribution < -0.4 is 23.7 Å². The molecule has 0 fully saturated rings. The highest BCUT2D eigenvalue weighted by Gasteiger charge is 2.33. The summed E-state index contributed by atoms with van der Waals surface area (Å²) in [7, 11) is 0. The summed E-state index contributed by atoms with van der Waals surface area (Å²) in [4.78, 5) is 26.8. The van der Waals surface area contributed by atoms with Gasteiger partial charge in [-0.2, -0.15) is 0 Å². The van der Waals surface area contributed by atoms with Gasteiger partial charge in [0.15, 0.2) is 11.6 Å². The molecule has 0 aliphatic heterocycles. The van der Waals surface area contributed by atoms with E-state index in [0.29, 0.717) is 56.8 Å². The van der Waals surface area contributed by atoms with Crippen molar-refractivity contribution in [2.45, 2.75) is 104 Å². The van der Waals surface area contributed by atoms with Crippen molar-refractivity contribution >= 4 is 11.6 Å². The van der Waals surface area contributed by atoms with Crippen molar-refractivity contribution in [2.75, 3.05) is 0 Å². The summed E-state index contributed by atoms with van der Waals surface area (Å²) >= 11 is 0. The van der Waals surface area contributed by atoms with Gasteiger partial charge in [-0.1, -0.05) is 114 Å². The molecule has 0 aliphatic rings. The van der Waals surface area contributed by atoms with E-state index in [1.165, 1.54) is 5.56 Å². The van der Waals surface area contributed by atoms with Crippen LogP contribution in [0.25, 0.3) is 11.1 Å². The standard InChI is InChI=1S/C66H66O7/c1-10-64(5,6)53-27-17-50(18-28-53)63(68)52-25-31-55(32-26-52)69-54-29-19-47(20-30-54)48-21-35-61(36-22-48)73-66(9,12-3)45(4)46-13-15-49(16-14-46)62(67)51-23-33-56(34-24-51)70-57-37-39-58(40-38-57)71-59-41-43-60(44-42-59)72-65(7,8)11-2/h13-45H,10-12H2,1-9H3. The molecule has 0 aromatic heterocycles. The van der Waals surface area contributed by atoms with E-state index in [1.807, 2.05) is 158 Å². The molecule has 8 rings (SSSR count). The topological polar surface area (TPSA) is 80.3 Å². The average Bonchev–Trinajstić information content (AvgIpc) is 3.42. The highest BCUT2D eigenvalue weighted by Crippen LogP contribution is 2.37. The fraction of sp³-hybridized carbons (Fsp3) is 0.242. The highest BCUT2D eigenvalue weighted by atomic mass is 16.5. The van der Waals surface area contributed by atoms with Gasteiger partial charge in [-0.15, -0.1) is 0 Å². The van der Waals surface area contributed by atoms with Gasteiger partial charge in [0.25, 0.3) is 0 Å². The second-order valence-electron chi connectivity index (χ2n) is 20.1. The molecule has 0 radical (unpaired) electrons. The molecular formula is C66H66O7. The second kappa shape index (κ2) is 22.3. The lowest BCUT2D eigenvalue weighted by Gasteiger charge is -2.36. The van der Waals surface area contributed by atoms with E-state index < -0.39 is 5.60 Å². The van der Waals surface area contributed by atoms with Gasteiger partial charge in [0.2, 0.25) is 0 Å². The summed E-state index contributed by atoms with van der Waals surface area (Å²) in [6.45, 7) is 19.3. The van der Waals surface area contributed by atoms with E-state index in [4.69, 9.17) is 23.7 Å². The van der Waals surface area contributed by atoms with Crippen LogP contribution in [-0.4, -0.2) is 22.8 Å². The van der Waals surface area contributed by atoms with Gasteiger partial charge in [-0.3, -0.25) is 9.59 Å². The minimum Gasteiger partial charge on any atom is -0.488 e. The van der Waals surface area contributed by atoms with E-state index in [1.54, 1.807) is 12.1 Å². The van der Waals surface area contributed by atoms with Crippen molar-refractivity contribution < 1.29 is 33.3 Å². The Morgan fingerprint density at radius 1 is 0.370 bits per heavy atom. The number of hydrogen-bond acceptors (Lipinski definition) is 7. The lowest BCUT2D eigenvalue weighted by molar-refractivity contribution is 0.0598. The van der Waals surface area contributed by atoms with Crippen molar-refractivity contribution in [2.24, 2.45) is 0 Å². The molecule has 2 unspecified atom stereocenters. The van der Waals surface area contributed by atoms with Crippen LogP contribution in [-0.2, 0) is 5.41 Å². The van der Waals surface area contributed by atoms with Crippen molar-refractivity contribution in [1.29, 1.82) is 0 Å². The van der Waals surface area contributed by atoms with Crippen LogP contribution in [0.1, 0.15) is 130 Å². The summed E-state index contributed by atoms with van der Waals surface area (Å²) in [6, 6.07) is 61.4. The zero-order valence-corrected chi connectivity index (χ0v) is 43.5. The monoisotopic (exact) mass is 970 g/mol. The van der Waals surface area contributed by atoms with Crippen molar-refractivity contribution in [3.05, 3.63) is 228 Å². The van der Waals surface area contributed by atoms with Crippen LogP contribution in [0.15, 0.2) is 194 Å². The third kappa shape index (κ3) is 12.8. The minimum absolute atomic E-state index is 0.0125. The van der Waals surface area contributed by atoms with E-state index in [2.05, 4.69) is 86.6 Å². The summed E-state index contributed by atoms with van der Waals surface area (Å²) in [5, 5.41) is 0. The number of hydrogen-bond donors (Lipinski definition) is 0. The second-order valence-corrected chi connectivity index (χ2v) is 20.1. The first-order chi connectivity index (χ1) is 35.0. The Balaban J connectivity index is 0.813. The third-order valence-electron chi connectivity index (χ3n) is 14.3. The van der Waals surface area contributed by atoms with Crippen LogP contribution >= 0.6 is 0 Å². The van der Waals surface area contributed by atoms with Gasteiger partial charge >= 0.3 is 0 Å². The summed E-state index contributed by atoms with van der Waals surface area (Å²) in [6.07, 6.45) is 2.71. The first-order valence-electron chi connectivity index (χ1n) is 25.4. The molecule has 0 bridgehead atoms. The van der Waals surface area contributed by atoms with Gasteiger partial charge in [-0.05, 0) is 189 Å². The Morgan fingerprint density at radius 2 is 0.671 bits per heavy atom. The lowest BCUT2D eigenvalue weighted by Crippen LogP contribution is -2.37. The molecule has 0 N–H and O–H groups in total. The van der Waals surface area contributed by atoms with E-state index in [9.17, 15) is 9.59 Å². The Labute approximate surface area is 431 Å². The molecular weight excluding hydrogens is 905 g/mol. The molecule has 8 aromatic rings. The van der Waals surface area contributed by atoms with Crippen LogP contribution in [0.5, 0.6) is 46.0 Å². The predicted molar refractivity (Wildman–Crippen MR) is 294 cm³/mol. The molecule has 7 nitrogen and oxygen atoms in total. The van der Waals surface area contributed by atoms with Crippen molar-refractivity contribution in [3.8, 4) is 57.1 Å². The summed E-state index contributed by atoms with van der Waals surface area (Å²) in [5.74, 6) is 5.57. The van der Waals surface area contributed by atoms with Gasteiger partial charge < -0.3 is 23.7 Å². The maximum absolute atomic E-state index is 13.6. The number of rotatable bonds is 21. The van der Waals surface area contributed by atoms with Crippen LogP contribution in [0.2, 0.25) is 0 Å². The molecule has 0 saturated heterocycles. The molecule has 73 heavy (non-hydrogen) atoms. The third-order valence-corrected chi connectivity index (χ3v) is 14.3. The highest BCUT2D eigenvalue weighted by molar-refractivity contribution is 6.09. The quantitative estimate of drug-likeness (QED) is 0.0664. The smallest absolute Gasteiger partial charge is 0.193 e. The maximum atomic E-state index is 13.6. The molecule has 0 amide bonds. The van der Waals surface area contributed by atoms with Crippen molar-refractivity contribution in [1.82, 2.24) is 0 Å². The molecule has 0 heterocycles. The molecule has 0 spiro atoms. The molecule has 2 atom stereocenters. The number of ether oxygens (including phenoxy) is 5. The number of benzene rings is 8. The Morgan fingerprint density at radius 3 is 1.03 bits per heavy atom. The summed E-state index contributed by atoms with van der Waals surface area (Å²) in [5.41, 5.74) is 6.22. The number of carbonyl (C=O) groups excluding carboxylic acids is 2. The zero-order valence-electron chi connectivity index (χ0n) is 43.5. The largest absolute Gasteiger partial charge is 0.488 e. The fourth-order valence-electron chi connectivity index (χ4n) is 8.35. The fourth-order valence-corrected chi connectivity index (χ4v) is 8.35. The van der Waals surface area contributed by atoms with Crippen LogP contribution in [0, 0.1) is 0 Å². The maximum Gasteiger partial charge on any atom is 0.193 e. The van der Waals surface area contributed by atoms with Gasteiger partial charge in [0.1, 0.15) is 57.2 Å². The molecule has 0 aliphatic carbocycles. The van der Waals surface area contributed by atoms with Crippen LogP contribution in [0.4, 0.5) is 0 Å². The minimum atomic E-state index is -0.508. The van der Waals surface area contributed by atoms with E-state index in [0.717, 1.165) is 47.5 Å². The number of ketones is 2. The normalized spacial score (nSPS) is 12.8. The number of carbonyl (C=O) groups is 2. The first kappa shape index (κ1) is 51.5. The van der Waals surface area contributed by atoms with Gasteiger partial charge in [0, 0.05) is 28.2 Å². The Bertz CT molecular complexity index is 3080. The summed E-state index contributed by atoms with van der Waals surface area (Å²) < 4.78 is 31.0. The average molecular weight is 971 g/mol. The molecule has 7 heteroatoms. The SMILES string of the molecule is CCC(C)(C)Oc1ccc(Oc2ccc(Oc3ccc(C(=O)c4ccc(C(C)C(C)(CC)Oc5ccc(-c6ccc(Oc7ccc(C(=O)c8ccc(C(C)(C)CC)cc8)cc7)cc6)cc5)cc4)cc3)cc2)cc1.